The van der Waals surface area contributed by atoms with Crippen LogP contribution in [0.3, 0.4) is 0 Å². The minimum atomic E-state index is -3.98. The summed E-state index contributed by atoms with van der Waals surface area (Å²) >= 11 is 1.18. The number of hydrogen-bond acceptors (Lipinski definition) is 7. The Kier molecular flexibility index (Phi) is 3.18. The highest BCUT2D eigenvalue weighted by atomic mass is 32.2. The van der Waals surface area contributed by atoms with Gasteiger partial charge in [-0.15, -0.1) is 11.3 Å². The van der Waals surface area contributed by atoms with Crippen molar-refractivity contribution in [3.63, 3.8) is 0 Å². The molecule has 0 aromatic carbocycles. The van der Waals surface area contributed by atoms with E-state index in [0.717, 1.165) is 8.99 Å². The molecule has 1 amide bonds. The van der Waals surface area contributed by atoms with E-state index in [-0.39, 0.29) is 16.3 Å². The Morgan fingerprint density at radius 2 is 2.14 bits per heavy atom. The van der Waals surface area contributed by atoms with Crippen LogP contribution in [0.5, 0.6) is 0 Å². The van der Waals surface area contributed by atoms with Gasteiger partial charge >= 0.3 is 0 Å². The Bertz CT molecular complexity index is 882. The number of aromatic nitrogens is 3. The summed E-state index contributed by atoms with van der Waals surface area (Å²) in [6.45, 7) is 0. The van der Waals surface area contributed by atoms with Crippen LogP contribution >= 0.6 is 11.3 Å². The van der Waals surface area contributed by atoms with E-state index in [1.54, 1.807) is 5.38 Å². The SMILES string of the molecule is CN1C(C(=O)Nc2nccs2)=C(O)c2cnn(C)c2S1(=O)=O. The zero-order valence-electron chi connectivity index (χ0n) is 11.5. The standard InChI is InChI=1S/C11H11N5O4S2/c1-15-10-6(5-13-15)8(17)7(16(2)22(10,19)20)9(18)14-11-12-3-4-21-11/h3-5,17H,1-2H3,(H,12,14,18). The van der Waals surface area contributed by atoms with Gasteiger partial charge in [-0.25, -0.2) is 4.98 Å². The van der Waals surface area contributed by atoms with Gasteiger partial charge in [-0.1, -0.05) is 0 Å². The number of anilines is 1. The van der Waals surface area contributed by atoms with Gasteiger partial charge in [0, 0.05) is 25.7 Å². The maximum atomic E-state index is 12.5. The van der Waals surface area contributed by atoms with Crippen LogP contribution in [0.25, 0.3) is 5.76 Å². The molecular weight excluding hydrogens is 330 g/mol. The lowest BCUT2D eigenvalue weighted by molar-refractivity contribution is -0.113. The van der Waals surface area contributed by atoms with Crippen molar-refractivity contribution >= 4 is 38.2 Å². The summed E-state index contributed by atoms with van der Waals surface area (Å²) in [6.07, 6.45) is 2.70. The summed E-state index contributed by atoms with van der Waals surface area (Å²) in [7, 11) is -1.34. The highest BCUT2D eigenvalue weighted by Crippen LogP contribution is 2.34. The number of aryl methyl sites for hydroxylation is 1. The second-order valence-electron chi connectivity index (χ2n) is 4.45. The van der Waals surface area contributed by atoms with Crippen molar-refractivity contribution in [3.05, 3.63) is 29.0 Å². The molecule has 0 atom stereocenters. The van der Waals surface area contributed by atoms with E-state index in [1.165, 1.54) is 37.8 Å². The van der Waals surface area contributed by atoms with Crippen LogP contribution in [0.15, 0.2) is 28.5 Å². The van der Waals surface area contributed by atoms with E-state index in [4.69, 9.17) is 0 Å². The van der Waals surface area contributed by atoms with E-state index >= 15 is 0 Å². The maximum Gasteiger partial charge on any atom is 0.282 e. The summed E-state index contributed by atoms with van der Waals surface area (Å²) in [5.74, 6) is -1.22. The molecule has 1 aliphatic rings. The van der Waals surface area contributed by atoms with Gasteiger partial charge in [-0.05, 0) is 0 Å². The largest absolute Gasteiger partial charge is 0.505 e. The molecule has 9 nitrogen and oxygen atoms in total. The predicted molar refractivity (Wildman–Crippen MR) is 78.4 cm³/mol. The number of carbonyl (C=O) groups is 1. The molecule has 0 spiro atoms. The molecule has 3 rings (SSSR count). The fourth-order valence-electron chi connectivity index (χ4n) is 2.11. The highest BCUT2D eigenvalue weighted by Gasteiger charge is 2.40. The van der Waals surface area contributed by atoms with E-state index < -0.39 is 21.7 Å². The van der Waals surface area contributed by atoms with Crippen LogP contribution in [0, 0.1) is 0 Å². The minimum absolute atomic E-state index is 0.00936. The summed E-state index contributed by atoms with van der Waals surface area (Å²) in [5, 5.41) is 18.3. The topological polar surface area (TPSA) is 117 Å². The van der Waals surface area contributed by atoms with Crippen molar-refractivity contribution in [2.75, 3.05) is 12.4 Å². The number of aliphatic hydroxyl groups is 1. The lowest BCUT2D eigenvalue weighted by atomic mass is 10.2. The number of rotatable bonds is 2. The molecule has 116 valence electrons. The first-order valence-electron chi connectivity index (χ1n) is 5.99. The number of carbonyl (C=O) groups excluding carboxylic acids is 1. The molecule has 3 heterocycles. The third kappa shape index (κ3) is 1.97. The zero-order chi connectivity index (χ0) is 16.1. The zero-order valence-corrected chi connectivity index (χ0v) is 13.1. The molecule has 2 N–H and O–H groups in total. The quantitative estimate of drug-likeness (QED) is 0.815. The number of amides is 1. The summed E-state index contributed by atoms with van der Waals surface area (Å²) in [4.78, 5) is 16.2. The van der Waals surface area contributed by atoms with Gasteiger partial charge in [0.05, 0.1) is 11.8 Å². The van der Waals surface area contributed by atoms with E-state index in [1.807, 2.05) is 0 Å². The molecule has 11 heteroatoms. The van der Waals surface area contributed by atoms with Gasteiger partial charge in [-0.3, -0.25) is 19.1 Å². The smallest absolute Gasteiger partial charge is 0.282 e. The van der Waals surface area contributed by atoms with Crippen molar-refractivity contribution in [3.8, 4) is 0 Å². The van der Waals surface area contributed by atoms with Crippen molar-refractivity contribution in [1.29, 1.82) is 0 Å². The molecule has 0 saturated carbocycles. The Morgan fingerprint density at radius 3 is 2.77 bits per heavy atom. The number of sulfonamides is 1. The van der Waals surface area contributed by atoms with Crippen LogP contribution in [0.4, 0.5) is 5.13 Å². The molecule has 22 heavy (non-hydrogen) atoms. The average Bonchev–Trinajstić information content (AvgIpc) is 3.07. The first-order chi connectivity index (χ1) is 10.3. The second-order valence-corrected chi connectivity index (χ2v) is 7.23. The van der Waals surface area contributed by atoms with Gasteiger partial charge < -0.3 is 5.11 Å². The Balaban J connectivity index is 2.12. The minimum Gasteiger partial charge on any atom is -0.505 e. The van der Waals surface area contributed by atoms with Crippen LogP contribution in [-0.4, -0.2) is 45.5 Å². The van der Waals surface area contributed by atoms with Crippen LogP contribution < -0.4 is 5.32 Å². The number of hydrogen-bond donors (Lipinski definition) is 2. The monoisotopic (exact) mass is 341 g/mol. The Morgan fingerprint density at radius 1 is 1.41 bits per heavy atom. The molecule has 0 aliphatic carbocycles. The Hall–Kier alpha value is -2.40. The molecule has 0 saturated heterocycles. The predicted octanol–water partition coefficient (Wildman–Crippen LogP) is 0.376. The fraction of sp³-hybridized carbons (Fsp3) is 0.182. The molecule has 0 radical (unpaired) electrons. The normalized spacial score (nSPS) is 16.5. The van der Waals surface area contributed by atoms with Gasteiger partial charge in [0.2, 0.25) is 0 Å². The first-order valence-corrected chi connectivity index (χ1v) is 8.31. The summed E-state index contributed by atoms with van der Waals surface area (Å²) < 4.78 is 26.8. The average molecular weight is 341 g/mol. The van der Waals surface area contributed by atoms with Gasteiger partial charge in [0.1, 0.15) is 0 Å². The van der Waals surface area contributed by atoms with Crippen molar-refractivity contribution in [2.24, 2.45) is 7.05 Å². The lowest BCUT2D eigenvalue weighted by Crippen LogP contribution is -2.37. The van der Waals surface area contributed by atoms with Gasteiger partial charge in [-0.2, -0.15) is 13.5 Å². The molecule has 0 bridgehead atoms. The third-order valence-electron chi connectivity index (χ3n) is 3.15. The van der Waals surface area contributed by atoms with Gasteiger partial charge in [0.15, 0.2) is 21.6 Å². The summed E-state index contributed by atoms with van der Waals surface area (Å²) in [5.41, 5.74) is -0.388. The lowest BCUT2D eigenvalue weighted by Gasteiger charge is -2.26. The van der Waals surface area contributed by atoms with E-state index in [9.17, 15) is 18.3 Å². The number of nitrogens with zero attached hydrogens (tertiary/aromatic N) is 4. The third-order valence-corrected chi connectivity index (χ3v) is 5.72. The molecule has 2 aromatic rings. The number of likely N-dealkylation sites (N-methyl/N-ethyl adjacent to an activating group) is 1. The number of nitrogens with one attached hydrogen (secondary N) is 1. The van der Waals surface area contributed by atoms with Crippen LogP contribution in [0.1, 0.15) is 5.56 Å². The highest BCUT2D eigenvalue weighted by molar-refractivity contribution is 7.89. The van der Waals surface area contributed by atoms with Crippen molar-refractivity contribution in [1.82, 2.24) is 19.1 Å². The molecular formula is C11H11N5O4S2. The number of fused-ring (bicyclic) bond motifs is 1. The maximum absolute atomic E-state index is 12.5. The first kappa shape index (κ1) is 14.5. The molecule has 2 aromatic heterocycles. The van der Waals surface area contributed by atoms with E-state index in [0.29, 0.717) is 5.13 Å². The number of thiazole rings is 1. The fourth-order valence-corrected chi connectivity index (χ4v) is 4.11. The summed E-state index contributed by atoms with van der Waals surface area (Å²) in [6, 6.07) is 0. The van der Waals surface area contributed by atoms with Crippen LogP contribution in [-0.2, 0) is 21.9 Å². The Labute approximate surface area is 129 Å². The van der Waals surface area contributed by atoms with Crippen LogP contribution in [0.2, 0.25) is 0 Å². The molecule has 1 aliphatic heterocycles. The van der Waals surface area contributed by atoms with Gasteiger partial charge in [0.25, 0.3) is 15.9 Å². The van der Waals surface area contributed by atoms with Crippen molar-refractivity contribution in [2.45, 2.75) is 5.03 Å². The molecule has 0 unspecified atom stereocenters. The van der Waals surface area contributed by atoms with Crippen molar-refractivity contribution < 1.29 is 18.3 Å². The van der Waals surface area contributed by atoms with E-state index in [2.05, 4.69) is 15.4 Å². The second kappa shape index (κ2) is 4.81. The molecule has 0 fully saturated rings. The number of aliphatic hydroxyl groups excluding tert-OH is 1.